The van der Waals surface area contributed by atoms with Crippen molar-refractivity contribution in [3.8, 4) is 0 Å². The predicted octanol–water partition coefficient (Wildman–Crippen LogP) is 0.381. The molecule has 0 fully saturated rings. The van der Waals surface area contributed by atoms with Gasteiger partial charge in [0.1, 0.15) is 18.0 Å². The maximum atomic E-state index is 13.2. The standard InChI is InChI=1S/C13H17FN6O/c1-20-8-17-18-12(20)4-5-16-7-9-2-3-10(14)6-11(9)13(15)19-21/h2-3,6,8,16,21H,4-5,7H2,1H3,(H2,15,19). The van der Waals surface area contributed by atoms with Crippen molar-refractivity contribution in [3.63, 3.8) is 0 Å². The monoisotopic (exact) mass is 292 g/mol. The number of nitrogens with zero attached hydrogens (tertiary/aromatic N) is 4. The third-order valence-corrected chi connectivity index (χ3v) is 3.10. The van der Waals surface area contributed by atoms with Gasteiger partial charge in [-0.1, -0.05) is 11.2 Å². The Morgan fingerprint density at radius 3 is 3.00 bits per heavy atom. The van der Waals surface area contributed by atoms with Crippen molar-refractivity contribution in [2.24, 2.45) is 17.9 Å². The summed E-state index contributed by atoms with van der Waals surface area (Å²) in [6, 6.07) is 4.20. The van der Waals surface area contributed by atoms with Gasteiger partial charge in [-0.3, -0.25) is 0 Å². The van der Waals surface area contributed by atoms with Crippen LogP contribution in [0.5, 0.6) is 0 Å². The molecule has 7 nitrogen and oxygen atoms in total. The van der Waals surface area contributed by atoms with Crippen molar-refractivity contribution in [2.75, 3.05) is 6.54 Å². The van der Waals surface area contributed by atoms with Crippen LogP contribution in [0.15, 0.2) is 29.7 Å². The number of amidine groups is 1. The molecular formula is C13H17FN6O. The number of oxime groups is 1. The molecule has 8 heteroatoms. The zero-order valence-electron chi connectivity index (χ0n) is 11.6. The summed E-state index contributed by atoms with van der Waals surface area (Å²) in [5, 5.41) is 22.6. The quantitative estimate of drug-likeness (QED) is 0.235. The smallest absolute Gasteiger partial charge is 0.170 e. The Bertz CT molecular complexity index is 639. The molecule has 2 rings (SSSR count). The average Bonchev–Trinajstić information content (AvgIpc) is 2.89. The Labute approximate surface area is 121 Å². The summed E-state index contributed by atoms with van der Waals surface area (Å²) in [4.78, 5) is 0. The molecular weight excluding hydrogens is 275 g/mol. The van der Waals surface area contributed by atoms with Gasteiger partial charge in [-0.2, -0.15) is 0 Å². The molecule has 21 heavy (non-hydrogen) atoms. The van der Waals surface area contributed by atoms with Crippen LogP contribution >= 0.6 is 0 Å². The van der Waals surface area contributed by atoms with E-state index < -0.39 is 5.82 Å². The van der Waals surface area contributed by atoms with E-state index in [1.54, 1.807) is 12.4 Å². The number of hydrogen-bond donors (Lipinski definition) is 3. The van der Waals surface area contributed by atoms with Crippen molar-refractivity contribution in [1.82, 2.24) is 20.1 Å². The fraction of sp³-hybridized carbons (Fsp3) is 0.308. The predicted molar refractivity (Wildman–Crippen MR) is 75.3 cm³/mol. The SMILES string of the molecule is Cn1cnnc1CCNCc1ccc(F)cc1C(N)=NO. The average molecular weight is 292 g/mol. The fourth-order valence-corrected chi connectivity index (χ4v) is 1.95. The van der Waals surface area contributed by atoms with Crippen LogP contribution in [0.3, 0.4) is 0 Å². The van der Waals surface area contributed by atoms with Crippen LogP contribution in [-0.4, -0.2) is 32.4 Å². The van der Waals surface area contributed by atoms with E-state index in [1.807, 2.05) is 11.6 Å². The molecule has 1 heterocycles. The van der Waals surface area contributed by atoms with Crippen LogP contribution in [-0.2, 0) is 20.0 Å². The van der Waals surface area contributed by atoms with Gasteiger partial charge >= 0.3 is 0 Å². The molecule has 0 spiro atoms. The van der Waals surface area contributed by atoms with Crippen LogP contribution in [0.25, 0.3) is 0 Å². The number of benzene rings is 1. The van der Waals surface area contributed by atoms with Crippen molar-refractivity contribution < 1.29 is 9.60 Å². The lowest BCUT2D eigenvalue weighted by Crippen LogP contribution is -2.22. The van der Waals surface area contributed by atoms with Crippen molar-refractivity contribution >= 4 is 5.84 Å². The first-order chi connectivity index (χ1) is 10.1. The zero-order valence-corrected chi connectivity index (χ0v) is 11.6. The van der Waals surface area contributed by atoms with Gasteiger partial charge in [0.05, 0.1) is 0 Å². The van der Waals surface area contributed by atoms with Crippen LogP contribution in [0, 0.1) is 5.82 Å². The van der Waals surface area contributed by atoms with Gasteiger partial charge < -0.3 is 20.8 Å². The van der Waals surface area contributed by atoms with E-state index in [4.69, 9.17) is 10.9 Å². The summed E-state index contributed by atoms with van der Waals surface area (Å²) in [7, 11) is 1.88. The van der Waals surface area contributed by atoms with E-state index in [0.717, 1.165) is 17.8 Å². The molecule has 0 aliphatic carbocycles. The van der Waals surface area contributed by atoms with Gasteiger partial charge in [-0.25, -0.2) is 4.39 Å². The molecule has 0 unspecified atom stereocenters. The summed E-state index contributed by atoms with van der Waals surface area (Å²) >= 11 is 0. The molecule has 112 valence electrons. The van der Waals surface area contributed by atoms with Crippen LogP contribution in [0.4, 0.5) is 4.39 Å². The summed E-state index contributed by atoms with van der Waals surface area (Å²) in [5.41, 5.74) is 6.68. The molecule has 1 aromatic carbocycles. The number of halogens is 1. The van der Waals surface area contributed by atoms with Crippen LogP contribution in [0.2, 0.25) is 0 Å². The maximum absolute atomic E-state index is 13.2. The maximum Gasteiger partial charge on any atom is 0.170 e. The first-order valence-corrected chi connectivity index (χ1v) is 6.41. The lowest BCUT2D eigenvalue weighted by molar-refractivity contribution is 0.318. The van der Waals surface area contributed by atoms with Crippen LogP contribution < -0.4 is 11.1 Å². The molecule has 0 saturated heterocycles. The Morgan fingerprint density at radius 2 is 2.33 bits per heavy atom. The number of nitrogens with two attached hydrogens (primary N) is 1. The van der Waals surface area contributed by atoms with Crippen molar-refractivity contribution in [2.45, 2.75) is 13.0 Å². The molecule has 0 amide bonds. The minimum absolute atomic E-state index is 0.111. The lowest BCUT2D eigenvalue weighted by Gasteiger charge is -2.09. The van der Waals surface area contributed by atoms with Crippen LogP contribution in [0.1, 0.15) is 17.0 Å². The van der Waals surface area contributed by atoms with Crippen molar-refractivity contribution in [3.05, 3.63) is 47.3 Å². The second kappa shape index (κ2) is 6.80. The van der Waals surface area contributed by atoms with Crippen molar-refractivity contribution in [1.29, 1.82) is 0 Å². The highest BCUT2D eigenvalue weighted by Gasteiger charge is 2.08. The Hall–Kier alpha value is -2.48. The molecule has 1 aromatic heterocycles. The van der Waals surface area contributed by atoms with Gasteiger partial charge in [0.2, 0.25) is 0 Å². The highest BCUT2D eigenvalue weighted by atomic mass is 19.1. The fourth-order valence-electron chi connectivity index (χ4n) is 1.95. The van der Waals surface area contributed by atoms with Gasteiger partial charge in [0.25, 0.3) is 0 Å². The first-order valence-electron chi connectivity index (χ1n) is 6.41. The molecule has 0 aliphatic heterocycles. The Morgan fingerprint density at radius 1 is 1.52 bits per heavy atom. The van der Waals surface area contributed by atoms with E-state index in [0.29, 0.717) is 18.7 Å². The molecule has 2 aromatic rings. The van der Waals surface area contributed by atoms with E-state index in [9.17, 15) is 4.39 Å². The van der Waals surface area contributed by atoms with E-state index in [-0.39, 0.29) is 5.84 Å². The number of aryl methyl sites for hydroxylation is 1. The number of aromatic nitrogens is 3. The van der Waals surface area contributed by atoms with Gasteiger partial charge in [0.15, 0.2) is 5.84 Å². The summed E-state index contributed by atoms with van der Waals surface area (Å²) in [6.45, 7) is 1.16. The number of rotatable bonds is 6. The third kappa shape index (κ3) is 3.76. The largest absolute Gasteiger partial charge is 0.409 e. The van der Waals surface area contributed by atoms with Gasteiger partial charge in [-0.15, -0.1) is 10.2 Å². The lowest BCUT2D eigenvalue weighted by atomic mass is 10.1. The topological polar surface area (TPSA) is 101 Å². The van der Waals surface area contributed by atoms with E-state index in [1.165, 1.54) is 12.1 Å². The van der Waals surface area contributed by atoms with E-state index >= 15 is 0 Å². The third-order valence-electron chi connectivity index (χ3n) is 3.10. The molecule has 4 N–H and O–H groups in total. The molecule has 0 radical (unpaired) electrons. The highest BCUT2D eigenvalue weighted by molar-refractivity contribution is 5.98. The van der Waals surface area contributed by atoms with Gasteiger partial charge in [-0.05, 0) is 17.7 Å². The number of nitrogens with one attached hydrogen (secondary N) is 1. The highest BCUT2D eigenvalue weighted by Crippen LogP contribution is 2.11. The molecule has 0 atom stereocenters. The van der Waals surface area contributed by atoms with Gasteiger partial charge in [0, 0.05) is 32.1 Å². The van der Waals surface area contributed by atoms with E-state index in [2.05, 4.69) is 20.7 Å². The first kappa shape index (κ1) is 14.9. The second-order valence-corrected chi connectivity index (χ2v) is 4.57. The Kier molecular flexibility index (Phi) is 4.83. The summed E-state index contributed by atoms with van der Waals surface area (Å²) in [6.07, 6.45) is 2.36. The number of hydrogen-bond acceptors (Lipinski definition) is 5. The molecule has 0 saturated carbocycles. The molecule has 0 bridgehead atoms. The second-order valence-electron chi connectivity index (χ2n) is 4.57. The minimum atomic E-state index is -0.431. The minimum Gasteiger partial charge on any atom is -0.409 e. The Balaban J connectivity index is 1.95. The summed E-state index contributed by atoms with van der Waals surface area (Å²) < 4.78 is 15.1. The zero-order chi connectivity index (χ0) is 15.2. The molecule has 0 aliphatic rings. The normalized spacial score (nSPS) is 11.8. The summed E-state index contributed by atoms with van der Waals surface area (Å²) in [5.74, 6) is 0.331.